The summed E-state index contributed by atoms with van der Waals surface area (Å²) in [6.07, 6.45) is -1.07. The average Bonchev–Trinajstić information content (AvgIpc) is 2.11. The van der Waals surface area contributed by atoms with Gasteiger partial charge in [0.05, 0.1) is 5.33 Å². The van der Waals surface area contributed by atoms with Gasteiger partial charge >= 0.3 is 6.09 Å². The largest absolute Gasteiger partial charge is 0.465 e. The normalized spacial score (nSPS) is 11.9. The van der Waals surface area contributed by atoms with E-state index in [0.29, 0.717) is 13.1 Å². The van der Waals surface area contributed by atoms with Gasteiger partial charge < -0.3 is 15.3 Å². The summed E-state index contributed by atoms with van der Waals surface area (Å²) in [6, 6.07) is -0.254. The van der Waals surface area contributed by atoms with Crippen molar-refractivity contribution in [3.8, 4) is 0 Å². The maximum Gasteiger partial charge on any atom is 0.404 e. The number of nitrogens with one attached hydrogen (secondary N) is 1. The van der Waals surface area contributed by atoms with E-state index in [2.05, 4.69) is 21.2 Å². The zero-order valence-corrected chi connectivity index (χ0v) is 9.87. The molecule has 0 rings (SSSR count). The first-order chi connectivity index (χ1) is 6.51. The zero-order valence-electron chi connectivity index (χ0n) is 8.29. The van der Waals surface area contributed by atoms with Crippen LogP contribution in [-0.2, 0) is 4.79 Å². The summed E-state index contributed by atoms with van der Waals surface area (Å²) >= 11 is 3.07. The van der Waals surface area contributed by atoms with Crippen LogP contribution in [0.3, 0.4) is 0 Å². The number of carboxylic acid groups (broad SMARTS) is 1. The van der Waals surface area contributed by atoms with Crippen molar-refractivity contribution in [2.45, 2.75) is 19.9 Å². The topological polar surface area (TPSA) is 69.6 Å². The third-order valence-corrected chi connectivity index (χ3v) is 2.19. The first-order valence-electron chi connectivity index (χ1n) is 4.34. The molecule has 0 saturated carbocycles. The van der Waals surface area contributed by atoms with Gasteiger partial charge in [0.1, 0.15) is 0 Å². The standard InChI is InChI=1S/C8H15BrN2O3/c1-3-11(7(12)4-9)5-6(2)10-8(13)14/h6,10H,3-5H2,1-2H3,(H,13,14)/t6-/m0/s1. The van der Waals surface area contributed by atoms with Crippen LogP contribution in [0.4, 0.5) is 4.79 Å². The number of carbonyl (C=O) groups is 2. The van der Waals surface area contributed by atoms with Crippen LogP contribution in [0.25, 0.3) is 0 Å². The number of halogens is 1. The van der Waals surface area contributed by atoms with Crippen LogP contribution >= 0.6 is 15.9 Å². The van der Waals surface area contributed by atoms with Crippen molar-refractivity contribution in [1.82, 2.24) is 10.2 Å². The van der Waals surface area contributed by atoms with Crippen LogP contribution in [0.1, 0.15) is 13.8 Å². The average molecular weight is 267 g/mol. The van der Waals surface area contributed by atoms with Crippen LogP contribution in [0.5, 0.6) is 0 Å². The Hall–Kier alpha value is -0.780. The number of nitrogens with zero attached hydrogens (tertiary/aromatic N) is 1. The van der Waals surface area contributed by atoms with E-state index >= 15 is 0 Å². The molecule has 5 nitrogen and oxygen atoms in total. The summed E-state index contributed by atoms with van der Waals surface area (Å²) in [7, 11) is 0. The first kappa shape index (κ1) is 13.2. The monoisotopic (exact) mass is 266 g/mol. The van der Waals surface area contributed by atoms with Crippen molar-refractivity contribution >= 4 is 27.9 Å². The van der Waals surface area contributed by atoms with Gasteiger partial charge in [0, 0.05) is 19.1 Å². The second-order valence-corrected chi connectivity index (χ2v) is 3.48. The summed E-state index contributed by atoms with van der Waals surface area (Å²) < 4.78 is 0. The van der Waals surface area contributed by atoms with Gasteiger partial charge in [-0.15, -0.1) is 0 Å². The van der Waals surface area contributed by atoms with Crippen LogP contribution < -0.4 is 5.32 Å². The molecule has 0 aromatic heterocycles. The number of likely N-dealkylation sites (N-methyl/N-ethyl adjacent to an activating group) is 1. The molecule has 0 unspecified atom stereocenters. The van der Waals surface area contributed by atoms with E-state index < -0.39 is 6.09 Å². The minimum absolute atomic E-state index is 0.0356. The van der Waals surface area contributed by atoms with E-state index in [4.69, 9.17) is 5.11 Å². The Kier molecular flexibility index (Phi) is 6.27. The summed E-state index contributed by atoms with van der Waals surface area (Å²) in [5, 5.41) is 11.0. The molecule has 2 amide bonds. The molecule has 0 radical (unpaired) electrons. The minimum atomic E-state index is -1.07. The Labute approximate surface area is 91.6 Å². The lowest BCUT2D eigenvalue weighted by atomic mass is 10.3. The Bertz CT molecular complexity index is 211. The van der Waals surface area contributed by atoms with Crippen molar-refractivity contribution in [3.05, 3.63) is 0 Å². The van der Waals surface area contributed by atoms with Gasteiger partial charge in [0.15, 0.2) is 0 Å². The molecular formula is C8H15BrN2O3. The van der Waals surface area contributed by atoms with Gasteiger partial charge in [-0.1, -0.05) is 15.9 Å². The van der Waals surface area contributed by atoms with Crippen molar-refractivity contribution < 1.29 is 14.7 Å². The van der Waals surface area contributed by atoms with Gasteiger partial charge in [-0.2, -0.15) is 0 Å². The van der Waals surface area contributed by atoms with E-state index in [1.165, 1.54) is 0 Å². The van der Waals surface area contributed by atoms with Crippen molar-refractivity contribution in [1.29, 1.82) is 0 Å². The van der Waals surface area contributed by atoms with Gasteiger partial charge in [0.25, 0.3) is 0 Å². The van der Waals surface area contributed by atoms with E-state index in [1.54, 1.807) is 11.8 Å². The maximum absolute atomic E-state index is 11.3. The molecule has 0 fully saturated rings. The van der Waals surface area contributed by atoms with Gasteiger partial charge in [0.2, 0.25) is 5.91 Å². The fraction of sp³-hybridized carbons (Fsp3) is 0.750. The van der Waals surface area contributed by atoms with Gasteiger partial charge in [-0.05, 0) is 13.8 Å². The molecule has 0 aliphatic heterocycles. The van der Waals surface area contributed by atoms with Gasteiger partial charge in [-0.3, -0.25) is 4.79 Å². The SMILES string of the molecule is CCN(C[C@H](C)NC(=O)O)C(=O)CBr. The lowest BCUT2D eigenvalue weighted by Gasteiger charge is -2.23. The molecule has 2 N–H and O–H groups in total. The quantitative estimate of drug-likeness (QED) is 0.727. The number of carbonyl (C=O) groups excluding carboxylic acids is 1. The third kappa shape index (κ3) is 5.06. The highest BCUT2D eigenvalue weighted by molar-refractivity contribution is 9.09. The molecule has 1 atom stereocenters. The number of alkyl halides is 1. The second kappa shape index (κ2) is 6.64. The molecule has 0 saturated heterocycles. The molecule has 0 bridgehead atoms. The number of rotatable bonds is 5. The lowest BCUT2D eigenvalue weighted by molar-refractivity contribution is -0.128. The summed E-state index contributed by atoms with van der Waals surface area (Å²) in [5.74, 6) is -0.0356. The molecule has 0 aromatic rings. The molecule has 0 aliphatic carbocycles. The molecule has 0 aromatic carbocycles. The van der Waals surface area contributed by atoms with Gasteiger partial charge in [-0.25, -0.2) is 4.79 Å². The summed E-state index contributed by atoms with van der Waals surface area (Å²) in [6.45, 7) is 4.55. The Balaban J connectivity index is 4.04. The Morgan fingerprint density at radius 3 is 2.50 bits per heavy atom. The highest BCUT2D eigenvalue weighted by Gasteiger charge is 2.14. The van der Waals surface area contributed by atoms with Crippen LogP contribution in [0.15, 0.2) is 0 Å². The highest BCUT2D eigenvalue weighted by Crippen LogP contribution is 1.96. The number of hydrogen-bond acceptors (Lipinski definition) is 2. The predicted molar refractivity (Wildman–Crippen MR) is 56.7 cm³/mol. The van der Waals surface area contributed by atoms with Crippen molar-refractivity contribution in [2.75, 3.05) is 18.4 Å². The van der Waals surface area contributed by atoms with Crippen LogP contribution in [0.2, 0.25) is 0 Å². The second-order valence-electron chi connectivity index (χ2n) is 2.92. The minimum Gasteiger partial charge on any atom is -0.465 e. The fourth-order valence-electron chi connectivity index (χ4n) is 1.08. The van der Waals surface area contributed by atoms with E-state index in [9.17, 15) is 9.59 Å². The van der Waals surface area contributed by atoms with Crippen LogP contribution in [0, 0.1) is 0 Å². The molecule has 14 heavy (non-hydrogen) atoms. The fourth-order valence-corrected chi connectivity index (χ4v) is 1.43. The molecule has 0 heterocycles. The van der Waals surface area contributed by atoms with Crippen LogP contribution in [-0.4, -0.2) is 46.5 Å². The smallest absolute Gasteiger partial charge is 0.404 e. The summed E-state index contributed by atoms with van der Waals surface area (Å²) in [4.78, 5) is 23.2. The molecular weight excluding hydrogens is 252 g/mol. The highest BCUT2D eigenvalue weighted by atomic mass is 79.9. The van der Waals surface area contributed by atoms with Crippen molar-refractivity contribution in [2.24, 2.45) is 0 Å². The van der Waals surface area contributed by atoms with E-state index in [-0.39, 0.29) is 17.3 Å². The number of amides is 2. The van der Waals surface area contributed by atoms with E-state index in [1.807, 2.05) is 6.92 Å². The summed E-state index contributed by atoms with van der Waals surface area (Å²) in [5.41, 5.74) is 0. The zero-order chi connectivity index (χ0) is 11.1. The molecule has 6 heteroatoms. The maximum atomic E-state index is 11.3. The molecule has 0 spiro atoms. The first-order valence-corrected chi connectivity index (χ1v) is 5.46. The predicted octanol–water partition coefficient (Wildman–Crippen LogP) is 0.886. The Morgan fingerprint density at radius 2 is 2.14 bits per heavy atom. The third-order valence-electron chi connectivity index (χ3n) is 1.71. The van der Waals surface area contributed by atoms with E-state index in [0.717, 1.165) is 0 Å². The number of hydrogen-bond donors (Lipinski definition) is 2. The molecule has 82 valence electrons. The van der Waals surface area contributed by atoms with Crippen molar-refractivity contribution in [3.63, 3.8) is 0 Å². The molecule has 0 aliphatic rings. The Morgan fingerprint density at radius 1 is 1.57 bits per heavy atom. The lowest BCUT2D eigenvalue weighted by Crippen LogP contribution is -2.44.